The van der Waals surface area contributed by atoms with Crippen LogP contribution in [0.15, 0.2) is 24.3 Å². The number of non-ortho nitro benzene ring substituents is 1. The van der Waals surface area contributed by atoms with Crippen LogP contribution in [0.4, 0.5) is 37.6 Å². The second-order valence-electron chi connectivity index (χ2n) is 11.5. The number of hydrogen-bond acceptors (Lipinski definition) is 8. The van der Waals surface area contributed by atoms with Crippen LogP contribution in [0.1, 0.15) is 44.2 Å². The summed E-state index contributed by atoms with van der Waals surface area (Å²) in [6.07, 6.45) is 4.31. The fourth-order valence-corrected chi connectivity index (χ4v) is 5.91. The molecular weight excluding hydrogens is 508 g/mol. The minimum atomic E-state index is -2.66. The Bertz CT molecular complexity index is 1280. The van der Waals surface area contributed by atoms with Crippen molar-refractivity contribution in [1.29, 1.82) is 0 Å². The molecule has 0 radical (unpaired) electrons. The highest BCUT2D eigenvalue weighted by atomic mass is 19.3. The number of nitrogens with zero attached hydrogens (tertiary/aromatic N) is 6. The van der Waals surface area contributed by atoms with Crippen molar-refractivity contribution in [2.75, 3.05) is 59.3 Å². The second-order valence-corrected chi connectivity index (χ2v) is 11.5. The summed E-state index contributed by atoms with van der Waals surface area (Å²) in [7, 11) is 0. The lowest BCUT2D eigenvalue weighted by molar-refractivity contribution is -0.384. The van der Waals surface area contributed by atoms with E-state index in [2.05, 4.69) is 25.1 Å². The first-order valence-electron chi connectivity index (χ1n) is 13.7. The summed E-state index contributed by atoms with van der Waals surface area (Å²) in [6.45, 7) is 4.87. The molecule has 1 aromatic heterocycles. The van der Waals surface area contributed by atoms with Crippen LogP contribution in [-0.4, -0.2) is 66.0 Å². The lowest BCUT2D eigenvalue weighted by atomic mass is 9.92. The quantitative estimate of drug-likeness (QED) is 0.424. The predicted octanol–water partition coefficient (Wildman–Crippen LogP) is 4.38. The molecule has 1 saturated carbocycles. The van der Waals surface area contributed by atoms with Gasteiger partial charge in [0.15, 0.2) is 0 Å². The number of nitro benzene ring substituents is 1. The zero-order chi connectivity index (χ0) is 27.4. The van der Waals surface area contributed by atoms with Crippen LogP contribution < -0.4 is 20.0 Å². The Morgan fingerprint density at radius 1 is 0.949 bits per heavy atom. The fourth-order valence-electron chi connectivity index (χ4n) is 5.91. The average Bonchev–Trinajstić information content (AvgIpc) is 3.62. The molecule has 4 heterocycles. The number of anilines is 4. The number of aryl methyl sites for hydroxylation is 1. The van der Waals surface area contributed by atoms with E-state index < -0.39 is 5.92 Å². The lowest BCUT2D eigenvalue weighted by Crippen LogP contribution is -2.52. The Labute approximate surface area is 225 Å². The number of carbonyl (C=O) groups excluding carboxylic acids is 1. The summed E-state index contributed by atoms with van der Waals surface area (Å²) in [5, 5.41) is 14.4. The summed E-state index contributed by atoms with van der Waals surface area (Å²) in [6, 6.07) is 6.66. The van der Waals surface area contributed by atoms with Crippen LogP contribution in [0.25, 0.3) is 0 Å². The van der Waals surface area contributed by atoms with Crippen LogP contribution in [0, 0.1) is 28.4 Å². The molecule has 39 heavy (non-hydrogen) atoms. The molecule has 12 heteroatoms. The van der Waals surface area contributed by atoms with Crippen LogP contribution >= 0.6 is 0 Å². The van der Waals surface area contributed by atoms with Gasteiger partial charge in [-0.3, -0.25) is 14.9 Å². The van der Waals surface area contributed by atoms with E-state index in [-0.39, 0.29) is 48.4 Å². The molecule has 4 aliphatic rings. The molecular formula is C27H33F2N7O3. The molecule has 10 nitrogen and oxygen atoms in total. The number of nitro groups is 1. The maximum Gasteiger partial charge on any atom is 0.271 e. The Hall–Kier alpha value is -3.57. The summed E-state index contributed by atoms with van der Waals surface area (Å²) in [5.41, 5.74) is 2.99. The average molecular weight is 542 g/mol. The molecule has 2 aromatic rings. The number of carbonyl (C=O) groups is 1. The van der Waals surface area contributed by atoms with E-state index >= 15 is 0 Å². The molecule has 1 spiro atoms. The Morgan fingerprint density at radius 3 is 2.26 bits per heavy atom. The number of benzene rings is 1. The summed E-state index contributed by atoms with van der Waals surface area (Å²) in [4.78, 5) is 39.1. The van der Waals surface area contributed by atoms with Crippen molar-refractivity contribution in [2.45, 2.75) is 51.4 Å². The van der Waals surface area contributed by atoms with Gasteiger partial charge in [-0.05, 0) is 44.1 Å². The van der Waals surface area contributed by atoms with Gasteiger partial charge in [0.1, 0.15) is 5.82 Å². The van der Waals surface area contributed by atoms with Crippen molar-refractivity contribution in [3.8, 4) is 0 Å². The first-order valence-corrected chi connectivity index (χ1v) is 13.7. The third-order valence-corrected chi connectivity index (χ3v) is 8.76. The number of halogens is 2. The van der Waals surface area contributed by atoms with Gasteiger partial charge in [-0.2, -0.15) is 4.98 Å². The van der Waals surface area contributed by atoms with Crippen LogP contribution in [0.3, 0.4) is 0 Å². The van der Waals surface area contributed by atoms with Gasteiger partial charge in [0.2, 0.25) is 11.9 Å². The van der Waals surface area contributed by atoms with Gasteiger partial charge >= 0.3 is 0 Å². The monoisotopic (exact) mass is 541 g/mol. The van der Waals surface area contributed by atoms with Crippen LogP contribution in [-0.2, 0) is 4.79 Å². The van der Waals surface area contributed by atoms with Gasteiger partial charge in [-0.1, -0.05) is 0 Å². The largest absolute Gasteiger partial charge is 0.370 e. The van der Waals surface area contributed by atoms with E-state index in [0.717, 1.165) is 37.3 Å². The number of amides is 1. The maximum absolute atomic E-state index is 13.6. The molecule has 3 aliphatic heterocycles. The highest BCUT2D eigenvalue weighted by Crippen LogP contribution is 2.54. The first kappa shape index (κ1) is 25.7. The Balaban J connectivity index is 1.11. The van der Waals surface area contributed by atoms with E-state index in [9.17, 15) is 23.7 Å². The van der Waals surface area contributed by atoms with Crippen LogP contribution in [0.2, 0.25) is 0 Å². The van der Waals surface area contributed by atoms with Gasteiger partial charge in [0.25, 0.3) is 11.6 Å². The molecule has 0 bridgehead atoms. The fraction of sp³-hybridized carbons (Fsp3) is 0.593. The molecule has 0 unspecified atom stereocenters. The molecule has 1 aliphatic carbocycles. The van der Waals surface area contributed by atoms with E-state index in [1.807, 2.05) is 0 Å². The molecule has 0 atom stereocenters. The van der Waals surface area contributed by atoms with Crippen molar-refractivity contribution < 1.29 is 18.5 Å². The van der Waals surface area contributed by atoms with E-state index in [4.69, 9.17) is 0 Å². The van der Waals surface area contributed by atoms with E-state index in [1.54, 1.807) is 30.0 Å². The van der Waals surface area contributed by atoms with Gasteiger partial charge < -0.3 is 20.0 Å². The van der Waals surface area contributed by atoms with Crippen molar-refractivity contribution >= 4 is 34.7 Å². The molecule has 4 fully saturated rings. The normalized spacial score (nSPS) is 22.0. The number of piperidine rings is 2. The number of hydrogen-bond donors (Lipinski definition) is 1. The zero-order valence-electron chi connectivity index (χ0n) is 22.0. The summed E-state index contributed by atoms with van der Waals surface area (Å²) < 4.78 is 27.1. The smallest absolute Gasteiger partial charge is 0.271 e. The molecule has 1 amide bonds. The maximum atomic E-state index is 13.6. The summed E-state index contributed by atoms with van der Waals surface area (Å²) >= 11 is 0. The van der Waals surface area contributed by atoms with Crippen molar-refractivity contribution in [2.24, 2.45) is 11.3 Å². The van der Waals surface area contributed by atoms with Gasteiger partial charge in [-0.15, -0.1) is 0 Å². The molecule has 208 valence electrons. The SMILES string of the molecule is Cc1cc(NC(=O)C2CN(c3ccc([N+](=O)[O-])cc3N3CCC4(CC3)CC4)C2)nc(N2CCC(F)(F)CC2)n1. The third-order valence-electron chi connectivity index (χ3n) is 8.76. The van der Waals surface area contributed by atoms with Crippen LogP contribution in [0.5, 0.6) is 0 Å². The highest BCUT2D eigenvalue weighted by Gasteiger charge is 2.45. The highest BCUT2D eigenvalue weighted by molar-refractivity contribution is 5.94. The minimum Gasteiger partial charge on any atom is -0.370 e. The molecule has 3 saturated heterocycles. The third kappa shape index (κ3) is 5.33. The topological polar surface area (TPSA) is 108 Å². The van der Waals surface area contributed by atoms with Gasteiger partial charge in [0, 0.05) is 76.0 Å². The van der Waals surface area contributed by atoms with E-state index in [0.29, 0.717) is 36.0 Å². The van der Waals surface area contributed by atoms with Crippen molar-refractivity contribution in [1.82, 2.24) is 9.97 Å². The number of aromatic nitrogens is 2. The Morgan fingerprint density at radius 2 is 1.62 bits per heavy atom. The Kier molecular flexibility index (Phi) is 6.30. The minimum absolute atomic E-state index is 0.0719. The molecule has 1 N–H and O–H groups in total. The van der Waals surface area contributed by atoms with Gasteiger partial charge in [0.05, 0.1) is 22.2 Å². The first-order chi connectivity index (χ1) is 18.6. The zero-order valence-corrected chi connectivity index (χ0v) is 22.0. The number of alkyl halides is 2. The van der Waals surface area contributed by atoms with Crippen molar-refractivity contribution in [3.05, 3.63) is 40.1 Å². The lowest BCUT2D eigenvalue weighted by Gasteiger charge is -2.43. The predicted molar refractivity (Wildman–Crippen MR) is 144 cm³/mol. The molecule has 1 aromatic carbocycles. The van der Waals surface area contributed by atoms with Crippen molar-refractivity contribution in [3.63, 3.8) is 0 Å². The van der Waals surface area contributed by atoms with E-state index in [1.165, 1.54) is 18.9 Å². The standard InChI is InChI=1S/C27H33F2N7O3/c1-18-14-23(32-25(30-18)34-12-8-27(28,29)9-13-34)31-24(37)19-16-35(17-19)21-3-2-20(36(38)39)15-22(21)33-10-6-26(4-5-26)7-11-33/h2-3,14-15,19H,4-13,16-17H2,1H3,(H,30,31,32,37). The molecule has 6 rings (SSSR count). The number of rotatable bonds is 6. The summed E-state index contributed by atoms with van der Waals surface area (Å²) in [5.74, 6) is -2.39. The van der Waals surface area contributed by atoms with Gasteiger partial charge in [-0.25, -0.2) is 13.8 Å². The number of nitrogens with one attached hydrogen (secondary N) is 1. The second kappa shape index (κ2) is 9.56.